The minimum Gasteiger partial charge on any atom is -0.264 e. The van der Waals surface area contributed by atoms with Crippen LogP contribution in [0.2, 0.25) is 5.02 Å². The van der Waals surface area contributed by atoms with Crippen LogP contribution in [0.25, 0.3) is 5.57 Å². The van der Waals surface area contributed by atoms with Gasteiger partial charge in [-0.3, -0.25) is 4.99 Å². The van der Waals surface area contributed by atoms with Crippen molar-refractivity contribution in [2.75, 3.05) is 0 Å². The summed E-state index contributed by atoms with van der Waals surface area (Å²) in [5.74, 6) is 0. The lowest BCUT2D eigenvalue weighted by molar-refractivity contribution is 1.49. The van der Waals surface area contributed by atoms with Crippen molar-refractivity contribution >= 4 is 29.6 Å². The normalized spacial score (nSPS) is 7.88. The molecular formula is C14H22ClN. The van der Waals surface area contributed by atoms with E-state index in [1.165, 1.54) is 0 Å². The highest BCUT2D eigenvalue weighted by molar-refractivity contribution is 6.30. The first-order valence-corrected chi connectivity index (χ1v) is 5.95. The molecule has 0 heterocycles. The first-order valence-electron chi connectivity index (χ1n) is 5.57. The SMILES string of the molecule is C=Nc1cc(Cl)ccc1C(=C)C.CC.CC. The van der Waals surface area contributed by atoms with Crippen LogP contribution in [0, 0.1) is 0 Å². The zero-order valence-corrected chi connectivity index (χ0v) is 11.7. The van der Waals surface area contributed by atoms with E-state index in [9.17, 15) is 0 Å². The van der Waals surface area contributed by atoms with E-state index in [0.29, 0.717) is 5.02 Å². The Labute approximate surface area is 105 Å². The van der Waals surface area contributed by atoms with E-state index in [1.807, 2.05) is 46.8 Å². The molecule has 1 aromatic rings. The minimum absolute atomic E-state index is 0.669. The van der Waals surface area contributed by atoms with Crippen molar-refractivity contribution in [2.24, 2.45) is 4.99 Å². The average molecular weight is 240 g/mol. The number of rotatable bonds is 2. The first kappa shape index (κ1) is 17.3. The summed E-state index contributed by atoms with van der Waals surface area (Å²) in [5.41, 5.74) is 2.75. The third kappa shape index (κ3) is 5.72. The van der Waals surface area contributed by atoms with Crippen LogP contribution in [0.4, 0.5) is 5.69 Å². The van der Waals surface area contributed by atoms with E-state index < -0.39 is 0 Å². The molecule has 0 unspecified atom stereocenters. The maximum atomic E-state index is 5.78. The highest BCUT2D eigenvalue weighted by atomic mass is 35.5. The molecule has 0 aliphatic rings. The van der Waals surface area contributed by atoms with Crippen LogP contribution >= 0.6 is 11.6 Å². The monoisotopic (exact) mass is 239 g/mol. The van der Waals surface area contributed by atoms with Crippen molar-refractivity contribution < 1.29 is 0 Å². The lowest BCUT2D eigenvalue weighted by atomic mass is 10.1. The smallest absolute Gasteiger partial charge is 0.0711 e. The second kappa shape index (κ2) is 10.4. The summed E-state index contributed by atoms with van der Waals surface area (Å²) in [7, 11) is 0. The van der Waals surface area contributed by atoms with Crippen LogP contribution in [0.1, 0.15) is 40.2 Å². The number of halogens is 1. The molecule has 2 heteroatoms. The molecule has 90 valence electrons. The predicted octanol–water partition coefficient (Wildman–Crippen LogP) is 5.76. The van der Waals surface area contributed by atoms with Gasteiger partial charge >= 0.3 is 0 Å². The molecule has 0 saturated carbocycles. The fourth-order valence-corrected chi connectivity index (χ4v) is 1.16. The molecule has 0 aromatic heterocycles. The molecule has 0 aliphatic carbocycles. The number of aliphatic imine (C=N–C) groups is 1. The summed E-state index contributed by atoms with van der Waals surface area (Å²) in [5, 5.41) is 0.669. The maximum Gasteiger partial charge on any atom is 0.0711 e. The van der Waals surface area contributed by atoms with Crippen LogP contribution in [0.3, 0.4) is 0 Å². The van der Waals surface area contributed by atoms with Gasteiger partial charge in [0.2, 0.25) is 0 Å². The highest BCUT2D eigenvalue weighted by Crippen LogP contribution is 2.27. The molecule has 0 fully saturated rings. The summed E-state index contributed by atoms with van der Waals surface area (Å²) < 4.78 is 0. The highest BCUT2D eigenvalue weighted by Gasteiger charge is 2.01. The topological polar surface area (TPSA) is 12.4 Å². The Morgan fingerprint density at radius 3 is 2.06 bits per heavy atom. The van der Waals surface area contributed by atoms with Crippen LogP contribution in [-0.2, 0) is 0 Å². The summed E-state index contributed by atoms with van der Waals surface area (Å²) in [6.45, 7) is 17.2. The van der Waals surface area contributed by atoms with Gasteiger partial charge in [0, 0.05) is 10.6 Å². The number of hydrogen-bond donors (Lipinski definition) is 0. The standard InChI is InChI=1S/C10H10ClN.2C2H6/c1-7(2)9-5-4-8(11)6-10(9)12-3;2*1-2/h4-6H,1,3H2,2H3;2*1-2H3. The molecule has 0 N–H and O–H groups in total. The van der Waals surface area contributed by atoms with Crippen LogP contribution < -0.4 is 0 Å². The molecular weight excluding hydrogens is 218 g/mol. The van der Waals surface area contributed by atoms with Crippen LogP contribution in [-0.4, -0.2) is 6.72 Å². The lowest BCUT2D eigenvalue weighted by Gasteiger charge is -2.03. The minimum atomic E-state index is 0.669. The van der Waals surface area contributed by atoms with Crippen molar-refractivity contribution in [1.82, 2.24) is 0 Å². The van der Waals surface area contributed by atoms with Gasteiger partial charge in [-0.05, 0) is 31.3 Å². The van der Waals surface area contributed by atoms with Gasteiger partial charge < -0.3 is 0 Å². The molecule has 0 saturated heterocycles. The summed E-state index contributed by atoms with van der Waals surface area (Å²) in [6.07, 6.45) is 0. The Balaban J connectivity index is 0. The Hall–Kier alpha value is -1.08. The second-order valence-corrected chi connectivity index (χ2v) is 3.04. The van der Waals surface area contributed by atoms with Gasteiger partial charge in [-0.25, -0.2) is 0 Å². The van der Waals surface area contributed by atoms with Gasteiger partial charge in [-0.1, -0.05) is 51.9 Å². The third-order valence-corrected chi connectivity index (χ3v) is 1.83. The number of hydrogen-bond acceptors (Lipinski definition) is 1. The Morgan fingerprint density at radius 1 is 1.19 bits per heavy atom. The largest absolute Gasteiger partial charge is 0.264 e. The number of benzene rings is 1. The Morgan fingerprint density at radius 2 is 1.69 bits per heavy atom. The Kier molecular flexibility index (Phi) is 11.3. The third-order valence-electron chi connectivity index (χ3n) is 1.59. The maximum absolute atomic E-state index is 5.78. The fourth-order valence-electron chi connectivity index (χ4n) is 0.997. The van der Waals surface area contributed by atoms with Gasteiger partial charge in [-0.15, -0.1) is 0 Å². The van der Waals surface area contributed by atoms with Crippen molar-refractivity contribution in [1.29, 1.82) is 0 Å². The predicted molar refractivity (Wildman–Crippen MR) is 78.1 cm³/mol. The van der Waals surface area contributed by atoms with Gasteiger partial charge in [-0.2, -0.15) is 0 Å². The van der Waals surface area contributed by atoms with Gasteiger partial charge in [0.15, 0.2) is 0 Å². The summed E-state index contributed by atoms with van der Waals surface area (Å²) >= 11 is 5.78. The molecule has 0 atom stereocenters. The molecule has 0 spiro atoms. The molecule has 0 radical (unpaired) electrons. The van der Waals surface area contributed by atoms with Gasteiger partial charge in [0.1, 0.15) is 0 Å². The zero-order chi connectivity index (χ0) is 13.1. The number of allylic oxidation sites excluding steroid dienone is 1. The molecule has 1 aromatic carbocycles. The second-order valence-electron chi connectivity index (χ2n) is 2.60. The molecule has 1 rings (SSSR count). The van der Waals surface area contributed by atoms with Crippen molar-refractivity contribution in [3.63, 3.8) is 0 Å². The molecule has 0 amide bonds. The van der Waals surface area contributed by atoms with Crippen LogP contribution in [0.15, 0.2) is 29.8 Å². The van der Waals surface area contributed by atoms with E-state index >= 15 is 0 Å². The summed E-state index contributed by atoms with van der Waals surface area (Å²) in [4.78, 5) is 3.86. The Bertz CT molecular complexity index is 330. The first-order chi connectivity index (χ1) is 7.65. The average Bonchev–Trinajstić information content (AvgIpc) is 2.33. The van der Waals surface area contributed by atoms with Crippen molar-refractivity contribution in [2.45, 2.75) is 34.6 Å². The molecule has 0 aliphatic heterocycles. The van der Waals surface area contributed by atoms with E-state index in [-0.39, 0.29) is 0 Å². The summed E-state index contributed by atoms with van der Waals surface area (Å²) in [6, 6.07) is 5.49. The lowest BCUT2D eigenvalue weighted by Crippen LogP contribution is -1.78. The van der Waals surface area contributed by atoms with E-state index in [4.69, 9.17) is 11.6 Å². The zero-order valence-electron chi connectivity index (χ0n) is 11.0. The van der Waals surface area contributed by atoms with Gasteiger partial charge in [0.25, 0.3) is 0 Å². The quantitative estimate of drug-likeness (QED) is 0.582. The van der Waals surface area contributed by atoms with E-state index in [0.717, 1.165) is 16.8 Å². The van der Waals surface area contributed by atoms with Crippen molar-refractivity contribution in [3.8, 4) is 0 Å². The fraction of sp³-hybridized carbons (Fsp3) is 0.357. The number of nitrogens with zero attached hydrogens (tertiary/aromatic N) is 1. The van der Waals surface area contributed by atoms with Crippen LogP contribution in [0.5, 0.6) is 0 Å². The van der Waals surface area contributed by atoms with Gasteiger partial charge in [0.05, 0.1) is 5.69 Å². The van der Waals surface area contributed by atoms with E-state index in [2.05, 4.69) is 18.3 Å². The molecule has 16 heavy (non-hydrogen) atoms. The van der Waals surface area contributed by atoms with Crippen molar-refractivity contribution in [3.05, 3.63) is 35.4 Å². The molecule has 0 bridgehead atoms. The molecule has 1 nitrogen and oxygen atoms in total. The van der Waals surface area contributed by atoms with E-state index in [1.54, 1.807) is 6.07 Å².